The predicted octanol–water partition coefficient (Wildman–Crippen LogP) is 3.59. The third-order valence-electron chi connectivity index (χ3n) is 6.53. The fourth-order valence-electron chi connectivity index (χ4n) is 5.23. The number of hydrogen-bond donors (Lipinski definition) is 1. The van der Waals surface area contributed by atoms with E-state index < -0.39 is 0 Å². The summed E-state index contributed by atoms with van der Waals surface area (Å²) in [6.45, 7) is 3.22. The van der Waals surface area contributed by atoms with Crippen molar-refractivity contribution in [3.05, 3.63) is 35.9 Å². The van der Waals surface area contributed by atoms with Crippen molar-refractivity contribution in [2.75, 3.05) is 13.1 Å². The van der Waals surface area contributed by atoms with Crippen molar-refractivity contribution in [1.29, 1.82) is 0 Å². The molecule has 0 aromatic heterocycles. The standard InChI is InChI=1S/C21H30N2O/c24-21(14-19-13-17-6-7-18(19)12-17)22-20-8-10-23(11-9-20)15-16-4-2-1-3-5-16/h1-5,17-20H,6-15H2,(H,22,24)/t17-,18-,19-/m0/s1. The van der Waals surface area contributed by atoms with Gasteiger partial charge in [0.25, 0.3) is 0 Å². The second-order valence-electron chi connectivity index (χ2n) is 8.24. The van der Waals surface area contributed by atoms with Gasteiger partial charge < -0.3 is 5.32 Å². The van der Waals surface area contributed by atoms with Crippen LogP contribution >= 0.6 is 0 Å². The number of benzene rings is 1. The van der Waals surface area contributed by atoms with Crippen LogP contribution in [0.3, 0.4) is 0 Å². The molecule has 2 aliphatic carbocycles. The monoisotopic (exact) mass is 326 g/mol. The summed E-state index contributed by atoms with van der Waals surface area (Å²) < 4.78 is 0. The molecule has 0 radical (unpaired) electrons. The van der Waals surface area contributed by atoms with Crippen molar-refractivity contribution in [1.82, 2.24) is 10.2 Å². The Morgan fingerprint density at radius 1 is 1.04 bits per heavy atom. The maximum atomic E-state index is 12.4. The summed E-state index contributed by atoms with van der Waals surface area (Å²) in [5, 5.41) is 3.32. The van der Waals surface area contributed by atoms with Crippen molar-refractivity contribution in [2.24, 2.45) is 17.8 Å². The number of carbonyl (C=O) groups is 1. The molecule has 3 heteroatoms. The molecular weight excluding hydrogens is 296 g/mol. The Labute approximate surface area is 145 Å². The van der Waals surface area contributed by atoms with E-state index >= 15 is 0 Å². The topological polar surface area (TPSA) is 32.3 Å². The Morgan fingerprint density at radius 2 is 1.83 bits per heavy atom. The van der Waals surface area contributed by atoms with Gasteiger partial charge in [-0.2, -0.15) is 0 Å². The lowest BCUT2D eigenvalue weighted by atomic mass is 9.86. The van der Waals surface area contributed by atoms with Crippen molar-refractivity contribution >= 4 is 5.91 Å². The zero-order chi connectivity index (χ0) is 16.4. The lowest BCUT2D eigenvalue weighted by molar-refractivity contribution is -0.123. The van der Waals surface area contributed by atoms with Gasteiger partial charge in [0.15, 0.2) is 0 Å². The van der Waals surface area contributed by atoms with E-state index in [0.29, 0.717) is 17.9 Å². The Morgan fingerprint density at radius 3 is 2.50 bits per heavy atom. The first-order valence-corrected chi connectivity index (χ1v) is 9.82. The number of rotatable bonds is 5. The molecule has 1 aromatic carbocycles. The van der Waals surface area contributed by atoms with Gasteiger partial charge in [-0.15, -0.1) is 0 Å². The average Bonchev–Trinajstić information content (AvgIpc) is 3.20. The molecule has 24 heavy (non-hydrogen) atoms. The normalized spacial score (nSPS) is 30.6. The summed E-state index contributed by atoms with van der Waals surface area (Å²) in [6, 6.07) is 11.1. The van der Waals surface area contributed by atoms with Crippen LogP contribution < -0.4 is 5.32 Å². The maximum absolute atomic E-state index is 12.4. The number of nitrogens with one attached hydrogen (secondary N) is 1. The second-order valence-corrected chi connectivity index (χ2v) is 8.24. The minimum atomic E-state index is 0.314. The van der Waals surface area contributed by atoms with Crippen molar-refractivity contribution < 1.29 is 4.79 Å². The summed E-state index contributed by atoms with van der Waals surface area (Å²) >= 11 is 0. The highest BCUT2D eigenvalue weighted by atomic mass is 16.1. The average molecular weight is 326 g/mol. The SMILES string of the molecule is O=C(C[C@@H]1C[C@H]2CC[C@H]1C2)NC1CCN(Cc2ccccc2)CC1. The molecule has 1 heterocycles. The smallest absolute Gasteiger partial charge is 0.220 e. The molecule has 4 rings (SSSR count). The van der Waals surface area contributed by atoms with Gasteiger partial charge in [0.05, 0.1) is 0 Å². The van der Waals surface area contributed by atoms with Crippen LogP contribution in [0.15, 0.2) is 30.3 Å². The minimum absolute atomic E-state index is 0.314. The molecule has 2 bridgehead atoms. The summed E-state index contributed by atoms with van der Waals surface area (Å²) in [5.74, 6) is 2.79. The number of hydrogen-bond acceptors (Lipinski definition) is 2. The molecule has 0 unspecified atom stereocenters. The van der Waals surface area contributed by atoms with E-state index in [0.717, 1.165) is 50.7 Å². The van der Waals surface area contributed by atoms with Crippen molar-refractivity contribution in [3.63, 3.8) is 0 Å². The first kappa shape index (κ1) is 16.1. The number of nitrogens with zero attached hydrogens (tertiary/aromatic N) is 1. The lowest BCUT2D eigenvalue weighted by Crippen LogP contribution is -2.44. The van der Waals surface area contributed by atoms with E-state index in [-0.39, 0.29) is 0 Å². The molecule has 3 nitrogen and oxygen atoms in total. The Bertz CT molecular complexity index is 550. The zero-order valence-electron chi connectivity index (χ0n) is 14.6. The summed E-state index contributed by atoms with van der Waals surface area (Å²) in [5.41, 5.74) is 1.39. The maximum Gasteiger partial charge on any atom is 0.220 e. The van der Waals surface area contributed by atoms with E-state index in [2.05, 4.69) is 40.5 Å². The molecule has 130 valence electrons. The second kappa shape index (κ2) is 7.26. The first-order chi connectivity index (χ1) is 11.8. The summed E-state index contributed by atoms with van der Waals surface area (Å²) in [6.07, 6.45) is 8.47. The number of amides is 1. The molecule has 1 aliphatic heterocycles. The van der Waals surface area contributed by atoms with Gasteiger partial charge in [0.2, 0.25) is 5.91 Å². The van der Waals surface area contributed by atoms with Gasteiger partial charge in [-0.3, -0.25) is 9.69 Å². The number of fused-ring (bicyclic) bond motifs is 2. The first-order valence-electron chi connectivity index (χ1n) is 9.82. The van der Waals surface area contributed by atoms with Crippen LogP contribution in [0.2, 0.25) is 0 Å². The Balaban J connectivity index is 1.18. The lowest BCUT2D eigenvalue weighted by Gasteiger charge is -2.32. The zero-order valence-corrected chi connectivity index (χ0v) is 14.6. The van der Waals surface area contributed by atoms with E-state index in [4.69, 9.17) is 0 Å². The molecule has 3 aliphatic rings. The summed E-state index contributed by atoms with van der Waals surface area (Å²) in [7, 11) is 0. The van der Waals surface area contributed by atoms with Crippen LogP contribution in [0.25, 0.3) is 0 Å². The Hall–Kier alpha value is -1.35. The van der Waals surface area contributed by atoms with E-state index in [1.54, 1.807) is 0 Å². The van der Waals surface area contributed by atoms with Gasteiger partial charge in [-0.25, -0.2) is 0 Å². The largest absolute Gasteiger partial charge is 0.353 e. The van der Waals surface area contributed by atoms with Gasteiger partial charge >= 0.3 is 0 Å². The van der Waals surface area contributed by atoms with Crippen LogP contribution in [-0.4, -0.2) is 29.9 Å². The molecular formula is C21H30N2O. The molecule has 1 aromatic rings. The van der Waals surface area contributed by atoms with E-state index in [9.17, 15) is 4.79 Å². The molecule has 3 fully saturated rings. The fraction of sp³-hybridized carbons (Fsp3) is 0.667. The number of carbonyl (C=O) groups excluding carboxylic acids is 1. The molecule has 2 saturated carbocycles. The van der Waals surface area contributed by atoms with Gasteiger partial charge in [-0.1, -0.05) is 36.8 Å². The van der Waals surface area contributed by atoms with Gasteiger partial charge in [0.1, 0.15) is 0 Å². The van der Waals surface area contributed by atoms with Crippen LogP contribution in [-0.2, 0) is 11.3 Å². The van der Waals surface area contributed by atoms with Gasteiger partial charge in [0, 0.05) is 32.1 Å². The van der Waals surface area contributed by atoms with Crippen LogP contribution in [0.5, 0.6) is 0 Å². The quantitative estimate of drug-likeness (QED) is 0.897. The minimum Gasteiger partial charge on any atom is -0.353 e. The number of piperidine rings is 1. The molecule has 1 N–H and O–H groups in total. The van der Waals surface area contributed by atoms with Gasteiger partial charge in [-0.05, 0) is 55.4 Å². The highest BCUT2D eigenvalue weighted by Crippen LogP contribution is 2.49. The van der Waals surface area contributed by atoms with Crippen LogP contribution in [0.4, 0.5) is 0 Å². The fourth-order valence-corrected chi connectivity index (χ4v) is 5.23. The third-order valence-corrected chi connectivity index (χ3v) is 6.53. The van der Waals surface area contributed by atoms with Crippen molar-refractivity contribution in [3.8, 4) is 0 Å². The highest BCUT2D eigenvalue weighted by molar-refractivity contribution is 5.76. The van der Waals surface area contributed by atoms with Crippen LogP contribution in [0, 0.1) is 17.8 Å². The Kier molecular flexibility index (Phi) is 4.88. The highest BCUT2D eigenvalue weighted by Gasteiger charge is 2.40. The third kappa shape index (κ3) is 3.83. The predicted molar refractivity (Wildman–Crippen MR) is 96.4 cm³/mol. The molecule has 1 saturated heterocycles. The molecule has 3 atom stereocenters. The summed E-state index contributed by atoms with van der Waals surface area (Å²) in [4.78, 5) is 14.9. The van der Waals surface area contributed by atoms with Crippen molar-refractivity contribution in [2.45, 2.75) is 57.5 Å². The molecule has 1 amide bonds. The number of likely N-dealkylation sites (tertiary alicyclic amines) is 1. The van der Waals surface area contributed by atoms with Crippen LogP contribution in [0.1, 0.15) is 50.5 Å². The molecule has 0 spiro atoms. The van der Waals surface area contributed by atoms with E-state index in [1.165, 1.54) is 31.2 Å². The van der Waals surface area contributed by atoms with E-state index in [1.807, 2.05) is 0 Å².